The zero-order chi connectivity index (χ0) is 26.3. The van der Waals surface area contributed by atoms with Crippen molar-refractivity contribution in [2.75, 3.05) is 16.3 Å². The summed E-state index contributed by atoms with van der Waals surface area (Å²) in [6, 6.07) is 14.3. The summed E-state index contributed by atoms with van der Waals surface area (Å²) in [5.74, 6) is -0.583. The minimum absolute atomic E-state index is 0.100. The summed E-state index contributed by atoms with van der Waals surface area (Å²) >= 11 is 0. The standard InChI is InChI=1S/C23H17F3N4O5S/c1-36(34,35)29-16-6-5-14-10-21(28-20(14)11-16)22(31)27-15-4-2-3-13(9-15)18-8-7-17(30(32)33)12-19(18)23(24,25)26/h2-12,28-29H,1H3,(H,27,31). The smallest absolute Gasteiger partial charge is 0.350 e. The van der Waals surface area contributed by atoms with Crippen molar-refractivity contribution in [2.24, 2.45) is 0 Å². The lowest BCUT2D eigenvalue weighted by Gasteiger charge is -2.14. The van der Waals surface area contributed by atoms with Gasteiger partial charge < -0.3 is 10.3 Å². The summed E-state index contributed by atoms with van der Waals surface area (Å²) in [6.07, 6.45) is -3.83. The number of hydrogen-bond donors (Lipinski definition) is 3. The zero-order valence-electron chi connectivity index (χ0n) is 18.4. The Balaban J connectivity index is 1.62. The van der Waals surface area contributed by atoms with E-state index in [1.54, 1.807) is 6.07 Å². The van der Waals surface area contributed by atoms with Crippen LogP contribution in [0.4, 0.5) is 30.2 Å². The highest BCUT2D eigenvalue weighted by Gasteiger charge is 2.35. The topological polar surface area (TPSA) is 134 Å². The lowest BCUT2D eigenvalue weighted by molar-refractivity contribution is -0.385. The number of nitrogens with zero attached hydrogens (tertiary/aromatic N) is 1. The van der Waals surface area contributed by atoms with Crippen LogP contribution in [-0.2, 0) is 16.2 Å². The Labute approximate surface area is 202 Å². The molecule has 0 fully saturated rings. The summed E-state index contributed by atoms with van der Waals surface area (Å²) < 4.78 is 66.0. The van der Waals surface area contributed by atoms with Crippen LogP contribution in [0.25, 0.3) is 22.0 Å². The molecule has 0 aliphatic heterocycles. The molecule has 186 valence electrons. The molecule has 0 unspecified atom stereocenters. The monoisotopic (exact) mass is 518 g/mol. The number of nitro benzene ring substituents is 1. The molecule has 9 nitrogen and oxygen atoms in total. The molecule has 0 aliphatic rings. The molecule has 0 spiro atoms. The van der Waals surface area contributed by atoms with E-state index >= 15 is 0 Å². The fourth-order valence-electron chi connectivity index (χ4n) is 3.62. The lowest BCUT2D eigenvalue weighted by atomic mass is 9.98. The number of aromatic amines is 1. The fourth-order valence-corrected chi connectivity index (χ4v) is 4.18. The number of anilines is 2. The second kappa shape index (κ2) is 9.00. The van der Waals surface area contributed by atoms with E-state index in [0.717, 1.165) is 18.4 Å². The number of nitro groups is 1. The molecule has 4 aromatic rings. The van der Waals surface area contributed by atoms with E-state index in [4.69, 9.17) is 0 Å². The number of carbonyl (C=O) groups is 1. The number of halogens is 3. The van der Waals surface area contributed by atoms with Crippen LogP contribution in [0.5, 0.6) is 0 Å². The molecule has 0 atom stereocenters. The van der Waals surface area contributed by atoms with Crippen molar-refractivity contribution in [2.45, 2.75) is 6.18 Å². The first-order chi connectivity index (χ1) is 16.8. The number of sulfonamides is 1. The molecule has 0 bridgehead atoms. The zero-order valence-corrected chi connectivity index (χ0v) is 19.2. The highest BCUT2D eigenvalue weighted by atomic mass is 32.2. The maximum absolute atomic E-state index is 13.6. The van der Waals surface area contributed by atoms with Crippen LogP contribution in [0.15, 0.2) is 66.7 Å². The van der Waals surface area contributed by atoms with E-state index in [2.05, 4.69) is 15.0 Å². The normalized spacial score (nSPS) is 11.9. The first-order valence-corrected chi connectivity index (χ1v) is 12.1. The number of alkyl halides is 3. The van der Waals surface area contributed by atoms with Gasteiger partial charge in [-0.25, -0.2) is 8.42 Å². The van der Waals surface area contributed by atoms with Crippen LogP contribution in [-0.4, -0.2) is 30.5 Å². The minimum atomic E-state index is -4.84. The number of fused-ring (bicyclic) bond motifs is 1. The molecular weight excluding hydrogens is 501 g/mol. The third kappa shape index (κ3) is 5.46. The second-order valence-corrected chi connectivity index (χ2v) is 9.63. The number of benzene rings is 3. The van der Waals surface area contributed by atoms with Crippen LogP contribution < -0.4 is 10.0 Å². The van der Waals surface area contributed by atoms with Crippen LogP contribution in [0.2, 0.25) is 0 Å². The van der Waals surface area contributed by atoms with Crippen LogP contribution in [0.1, 0.15) is 16.1 Å². The van der Waals surface area contributed by atoms with Gasteiger partial charge in [-0.05, 0) is 47.5 Å². The van der Waals surface area contributed by atoms with Gasteiger partial charge in [-0.1, -0.05) is 18.2 Å². The van der Waals surface area contributed by atoms with Gasteiger partial charge in [0.1, 0.15) is 5.69 Å². The second-order valence-electron chi connectivity index (χ2n) is 7.88. The Morgan fingerprint density at radius 3 is 2.42 bits per heavy atom. The number of aromatic nitrogens is 1. The molecule has 3 aromatic carbocycles. The highest BCUT2D eigenvalue weighted by molar-refractivity contribution is 7.92. The maximum atomic E-state index is 13.6. The molecule has 0 saturated heterocycles. The van der Waals surface area contributed by atoms with E-state index in [1.807, 2.05) is 0 Å². The predicted molar refractivity (Wildman–Crippen MR) is 128 cm³/mol. The molecule has 0 radical (unpaired) electrons. The van der Waals surface area contributed by atoms with Crippen molar-refractivity contribution < 1.29 is 31.3 Å². The summed E-state index contributed by atoms with van der Waals surface area (Å²) in [5, 5.41) is 14.2. The van der Waals surface area contributed by atoms with Crippen molar-refractivity contribution >= 4 is 43.9 Å². The van der Waals surface area contributed by atoms with Crippen LogP contribution >= 0.6 is 0 Å². The summed E-state index contributed by atoms with van der Waals surface area (Å²) in [5.41, 5.74) is -0.916. The first-order valence-electron chi connectivity index (χ1n) is 10.2. The van der Waals surface area contributed by atoms with Crippen molar-refractivity contribution in [3.63, 3.8) is 0 Å². The number of amides is 1. The molecular formula is C23H17F3N4O5S. The summed E-state index contributed by atoms with van der Waals surface area (Å²) in [7, 11) is -3.49. The number of nitrogens with one attached hydrogen (secondary N) is 3. The van der Waals surface area contributed by atoms with Gasteiger partial charge in [0.15, 0.2) is 0 Å². The van der Waals surface area contributed by atoms with Crippen LogP contribution in [0, 0.1) is 10.1 Å². The van der Waals surface area contributed by atoms with Gasteiger partial charge in [-0.3, -0.25) is 19.6 Å². The Morgan fingerprint density at radius 1 is 1.00 bits per heavy atom. The third-order valence-electron chi connectivity index (χ3n) is 5.12. The first kappa shape index (κ1) is 24.7. The molecule has 1 aromatic heterocycles. The minimum Gasteiger partial charge on any atom is -0.350 e. The van der Waals surface area contributed by atoms with E-state index in [-0.39, 0.29) is 22.5 Å². The molecule has 0 aliphatic carbocycles. The summed E-state index contributed by atoms with van der Waals surface area (Å²) in [4.78, 5) is 25.7. The van der Waals surface area contributed by atoms with Crippen molar-refractivity contribution in [3.05, 3.63) is 88.1 Å². The van der Waals surface area contributed by atoms with E-state index in [9.17, 15) is 36.5 Å². The lowest BCUT2D eigenvalue weighted by Crippen LogP contribution is -2.12. The van der Waals surface area contributed by atoms with Gasteiger partial charge in [0.2, 0.25) is 10.0 Å². The molecule has 13 heteroatoms. The number of H-pyrrole nitrogens is 1. The van der Waals surface area contributed by atoms with Crippen molar-refractivity contribution in [3.8, 4) is 11.1 Å². The molecule has 0 saturated carbocycles. The van der Waals surface area contributed by atoms with Crippen molar-refractivity contribution in [1.82, 2.24) is 4.98 Å². The Morgan fingerprint density at radius 2 is 1.75 bits per heavy atom. The largest absolute Gasteiger partial charge is 0.417 e. The third-order valence-corrected chi connectivity index (χ3v) is 5.73. The van der Waals surface area contributed by atoms with Crippen molar-refractivity contribution in [1.29, 1.82) is 0 Å². The SMILES string of the molecule is CS(=O)(=O)Nc1ccc2cc(C(=O)Nc3cccc(-c4ccc([N+](=O)[O-])cc4C(F)(F)F)c3)[nH]c2c1. The van der Waals surface area contributed by atoms with Gasteiger partial charge in [-0.2, -0.15) is 13.2 Å². The van der Waals surface area contributed by atoms with E-state index < -0.39 is 38.3 Å². The number of carbonyl (C=O) groups excluding carboxylic acids is 1. The molecule has 1 heterocycles. The number of rotatable bonds is 6. The van der Waals surface area contributed by atoms with Gasteiger partial charge in [-0.15, -0.1) is 0 Å². The Bertz CT molecular complexity index is 1610. The maximum Gasteiger partial charge on any atom is 0.417 e. The Hall–Kier alpha value is -4.39. The van der Waals surface area contributed by atoms with Gasteiger partial charge in [0.25, 0.3) is 11.6 Å². The Kier molecular flexibility index (Phi) is 6.18. The van der Waals surface area contributed by atoms with E-state index in [1.165, 1.54) is 42.5 Å². The van der Waals surface area contributed by atoms with Crippen LogP contribution in [0.3, 0.4) is 0 Å². The average Bonchev–Trinajstić information content (AvgIpc) is 3.21. The highest BCUT2D eigenvalue weighted by Crippen LogP contribution is 2.39. The van der Waals surface area contributed by atoms with Gasteiger partial charge >= 0.3 is 6.18 Å². The van der Waals surface area contributed by atoms with Gasteiger partial charge in [0.05, 0.1) is 22.4 Å². The predicted octanol–water partition coefficient (Wildman–Crippen LogP) is 5.39. The number of non-ortho nitro benzene ring substituents is 1. The average molecular weight is 518 g/mol. The number of hydrogen-bond acceptors (Lipinski definition) is 5. The summed E-state index contributed by atoms with van der Waals surface area (Å²) in [6.45, 7) is 0. The van der Waals surface area contributed by atoms with Gasteiger partial charge in [0, 0.05) is 28.7 Å². The quantitative estimate of drug-likeness (QED) is 0.233. The molecule has 4 rings (SSSR count). The molecule has 3 N–H and O–H groups in total. The van der Waals surface area contributed by atoms with E-state index in [0.29, 0.717) is 22.7 Å². The molecule has 36 heavy (non-hydrogen) atoms. The molecule has 1 amide bonds. The fraction of sp³-hybridized carbons (Fsp3) is 0.0870.